The predicted molar refractivity (Wildman–Crippen MR) is 76.0 cm³/mol. The second kappa shape index (κ2) is 5.31. The lowest BCUT2D eigenvalue weighted by Gasteiger charge is -2.31. The molecule has 0 aliphatic heterocycles. The van der Waals surface area contributed by atoms with Crippen LogP contribution in [0.5, 0.6) is 5.75 Å². The molecule has 1 aliphatic carbocycles. The summed E-state index contributed by atoms with van der Waals surface area (Å²) in [5, 5.41) is 3.78. The molecule has 0 bridgehead atoms. The molecular formula is C16H25NO. The molecule has 2 heteroatoms. The van der Waals surface area contributed by atoms with E-state index in [2.05, 4.69) is 38.2 Å². The van der Waals surface area contributed by atoms with E-state index in [1.54, 1.807) is 7.11 Å². The minimum atomic E-state index is 0.337. The normalized spacial score (nSPS) is 23.9. The van der Waals surface area contributed by atoms with Crippen LogP contribution in [0.4, 0.5) is 0 Å². The minimum Gasteiger partial charge on any atom is -0.496 e. The van der Waals surface area contributed by atoms with Gasteiger partial charge in [-0.15, -0.1) is 0 Å². The van der Waals surface area contributed by atoms with Gasteiger partial charge in [0.1, 0.15) is 5.75 Å². The summed E-state index contributed by atoms with van der Waals surface area (Å²) in [5.74, 6) is 0.980. The van der Waals surface area contributed by atoms with Gasteiger partial charge in [0.2, 0.25) is 0 Å². The highest BCUT2D eigenvalue weighted by Crippen LogP contribution is 2.38. The van der Waals surface area contributed by atoms with Crippen LogP contribution in [-0.4, -0.2) is 13.2 Å². The maximum atomic E-state index is 5.44. The smallest absolute Gasteiger partial charge is 0.123 e. The lowest BCUT2D eigenvalue weighted by Crippen LogP contribution is -2.39. The molecule has 2 nitrogen and oxygen atoms in total. The van der Waals surface area contributed by atoms with Crippen LogP contribution in [0.15, 0.2) is 24.3 Å². The van der Waals surface area contributed by atoms with E-state index in [0.29, 0.717) is 17.5 Å². The molecule has 2 atom stereocenters. The third kappa shape index (κ3) is 2.69. The summed E-state index contributed by atoms with van der Waals surface area (Å²) in [7, 11) is 1.74. The fourth-order valence-corrected chi connectivity index (χ4v) is 3.05. The monoisotopic (exact) mass is 247 g/mol. The predicted octanol–water partition coefficient (Wildman–Crippen LogP) is 3.92. The molecule has 0 radical (unpaired) electrons. The molecule has 1 fully saturated rings. The summed E-state index contributed by atoms with van der Waals surface area (Å²) < 4.78 is 5.44. The van der Waals surface area contributed by atoms with Gasteiger partial charge in [0, 0.05) is 17.6 Å². The van der Waals surface area contributed by atoms with Crippen molar-refractivity contribution in [2.45, 2.75) is 52.1 Å². The van der Waals surface area contributed by atoms with E-state index >= 15 is 0 Å². The number of methoxy groups -OCH3 is 1. The highest BCUT2D eigenvalue weighted by atomic mass is 16.5. The molecule has 2 rings (SSSR count). The summed E-state index contributed by atoms with van der Waals surface area (Å²) in [6.07, 6.45) is 3.94. The van der Waals surface area contributed by atoms with Crippen molar-refractivity contribution in [3.8, 4) is 5.75 Å². The Labute approximate surface area is 111 Å². The second-order valence-corrected chi connectivity index (χ2v) is 6.06. The first-order chi connectivity index (χ1) is 8.54. The Morgan fingerprint density at radius 2 is 2.06 bits per heavy atom. The maximum absolute atomic E-state index is 5.44. The Hall–Kier alpha value is -1.02. The van der Waals surface area contributed by atoms with Crippen LogP contribution < -0.4 is 10.1 Å². The van der Waals surface area contributed by atoms with Crippen molar-refractivity contribution in [1.29, 1.82) is 0 Å². The number of hydrogen-bond acceptors (Lipinski definition) is 2. The van der Waals surface area contributed by atoms with Crippen molar-refractivity contribution in [3.63, 3.8) is 0 Å². The van der Waals surface area contributed by atoms with E-state index in [1.807, 2.05) is 12.1 Å². The van der Waals surface area contributed by atoms with Gasteiger partial charge < -0.3 is 10.1 Å². The summed E-state index contributed by atoms with van der Waals surface area (Å²) in [4.78, 5) is 0. The number of hydrogen-bond donors (Lipinski definition) is 1. The molecule has 0 saturated heterocycles. The molecule has 2 unspecified atom stereocenters. The molecule has 18 heavy (non-hydrogen) atoms. The standard InChI is InChI=1S/C16H25NO/c1-12(13-8-5-6-9-14(13)18-4)17-15-10-7-11-16(15,2)3/h5-6,8-9,12,15,17H,7,10-11H2,1-4H3. The third-order valence-corrected chi connectivity index (χ3v) is 4.31. The molecule has 1 aliphatic rings. The molecular weight excluding hydrogens is 222 g/mol. The average Bonchev–Trinajstić information content (AvgIpc) is 2.68. The fraction of sp³-hybridized carbons (Fsp3) is 0.625. The van der Waals surface area contributed by atoms with Gasteiger partial charge >= 0.3 is 0 Å². The zero-order valence-corrected chi connectivity index (χ0v) is 12.0. The van der Waals surface area contributed by atoms with Gasteiger partial charge in [0.15, 0.2) is 0 Å². The van der Waals surface area contributed by atoms with Crippen LogP contribution in [-0.2, 0) is 0 Å². The molecule has 0 amide bonds. The number of benzene rings is 1. The van der Waals surface area contributed by atoms with E-state index in [4.69, 9.17) is 4.74 Å². The van der Waals surface area contributed by atoms with E-state index in [9.17, 15) is 0 Å². The average molecular weight is 247 g/mol. The number of para-hydroxylation sites is 1. The topological polar surface area (TPSA) is 21.3 Å². The molecule has 0 aromatic heterocycles. The number of nitrogens with one attached hydrogen (secondary N) is 1. The Morgan fingerprint density at radius 3 is 2.67 bits per heavy atom. The molecule has 1 aromatic rings. The van der Waals surface area contributed by atoms with Gasteiger partial charge in [-0.05, 0) is 31.2 Å². The van der Waals surface area contributed by atoms with Crippen molar-refractivity contribution in [3.05, 3.63) is 29.8 Å². The van der Waals surface area contributed by atoms with Crippen molar-refractivity contribution in [2.24, 2.45) is 5.41 Å². The Bertz CT molecular complexity index is 400. The molecule has 1 saturated carbocycles. The molecule has 0 spiro atoms. The van der Waals surface area contributed by atoms with Crippen molar-refractivity contribution >= 4 is 0 Å². The second-order valence-electron chi connectivity index (χ2n) is 6.06. The van der Waals surface area contributed by atoms with Gasteiger partial charge in [0.25, 0.3) is 0 Å². The van der Waals surface area contributed by atoms with Gasteiger partial charge in [-0.3, -0.25) is 0 Å². The zero-order chi connectivity index (χ0) is 13.2. The summed E-state index contributed by atoms with van der Waals surface area (Å²) in [6.45, 7) is 6.96. The summed E-state index contributed by atoms with van der Waals surface area (Å²) in [6, 6.07) is 9.23. The highest BCUT2D eigenvalue weighted by Gasteiger charge is 2.35. The molecule has 1 N–H and O–H groups in total. The SMILES string of the molecule is COc1ccccc1C(C)NC1CCCC1(C)C. The first kappa shape index (κ1) is 13.4. The Kier molecular flexibility index (Phi) is 3.96. The van der Waals surface area contributed by atoms with Gasteiger partial charge in [0.05, 0.1) is 7.11 Å². The van der Waals surface area contributed by atoms with Crippen LogP contribution in [0.1, 0.15) is 51.6 Å². The third-order valence-electron chi connectivity index (χ3n) is 4.31. The van der Waals surface area contributed by atoms with Crippen molar-refractivity contribution < 1.29 is 4.74 Å². The van der Waals surface area contributed by atoms with E-state index < -0.39 is 0 Å². The van der Waals surface area contributed by atoms with Gasteiger partial charge in [-0.25, -0.2) is 0 Å². The number of rotatable bonds is 4. The van der Waals surface area contributed by atoms with Crippen molar-refractivity contribution in [1.82, 2.24) is 5.32 Å². The van der Waals surface area contributed by atoms with Crippen LogP contribution >= 0.6 is 0 Å². The van der Waals surface area contributed by atoms with Crippen LogP contribution in [0, 0.1) is 5.41 Å². The largest absolute Gasteiger partial charge is 0.496 e. The lowest BCUT2D eigenvalue weighted by molar-refractivity contribution is 0.264. The van der Waals surface area contributed by atoms with E-state index in [1.165, 1.54) is 24.8 Å². The van der Waals surface area contributed by atoms with Gasteiger partial charge in [-0.2, -0.15) is 0 Å². The quantitative estimate of drug-likeness (QED) is 0.870. The maximum Gasteiger partial charge on any atom is 0.123 e. The minimum absolute atomic E-state index is 0.337. The van der Waals surface area contributed by atoms with E-state index in [-0.39, 0.29) is 0 Å². The van der Waals surface area contributed by atoms with Crippen LogP contribution in [0.25, 0.3) is 0 Å². The first-order valence-corrected chi connectivity index (χ1v) is 6.93. The van der Waals surface area contributed by atoms with Crippen molar-refractivity contribution in [2.75, 3.05) is 7.11 Å². The number of ether oxygens (including phenoxy) is 1. The van der Waals surface area contributed by atoms with E-state index in [0.717, 1.165) is 5.75 Å². The van der Waals surface area contributed by atoms with Crippen LogP contribution in [0.3, 0.4) is 0 Å². The highest BCUT2D eigenvalue weighted by molar-refractivity contribution is 5.35. The molecule has 100 valence electrons. The van der Waals surface area contributed by atoms with Crippen LogP contribution in [0.2, 0.25) is 0 Å². The Morgan fingerprint density at radius 1 is 1.33 bits per heavy atom. The summed E-state index contributed by atoms with van der Waals surface area (Å²) >= 11 is 0. The Balaban J connectivity index is 2.10. The van der Waals surface area contributed by atoms with Gasteiger partial charge in [-0.1, -0.05) is 38.5 Å². The lowest BCUT2D eigenvalue weighted by atomic mass is 9.86. The molecule has 0 heterocycles. The molecule has 1 aromatic carbocycles. The fourth-order valence-electron chi connectivity index (χ4n) is 3.05. The first-order valence-electron chi connectivity index (χ1n) is 6.93. The zero-order valence-electron chi connectivity index (χ0n) is 12.0. The summed E-state index contributed by atoms with van der Waals surface area (Å²) in [5.41, 5.74) is 1.67.